The first-order valence-corrected chi connectivity index (χ1v) is 14.3. The standard InChI is InChI=1S/C32H40N2O2S/c1-5-6-15-33-32(36)30(20-27-12-8-7-9-13-27)34(21-28-14-10-11-24(2)17-28)31(35)23-37-22-29-18-25(3)16-26(4)19-29/h7-14,16-19,30H,5-6,15,20-23H2,1-4H3,(H,33,36). The molecule has 3 aromatic rings. The van der Waals surface area contributed by atoms with Gasteiger partial charge in [0.05, 0.1) is 5.75 Å². The van der Waals surface area contributed by atoms with E-state index in [1.54, 1.807) is 16.7 Å². The lowest BCUT2D eigenvalue weighted by atomic mass is 10.0. The van der Waals surface area contributed by atoms with Crippen molar-refractivity contribution in [2.24, 2.45) is 0 Å². The van der Waals surface area contributed by atoms with Gasteiger partial charge in [-0.25, -0.2) is 0 Å². The lowest BCUT2D eigenvalue weighted by Crippen LogP contribution is -2.51. The van der Waals surface area contributed by atoms with Crippen molar-refractivity contribution in [3.8, 4) is 0 Å². The van der Waals surface area contributed by atoms with Crippen LogP contribution in [0.25, 0.3) is 0 Å². The van der Waals surface area contributed by atoms with Crippen LogP contribution in [0.2, 0.25) is 0 Å². The van der Waals surface area contributed by atoms with Gasteiger partial charge in [0.2, 0.25) is 11.8 Å². The van der Waals surface area contributed by atoms with Gasteiger partial charge in [0, 0.05) is 25.3 Å². The van der Waals surface area contributed by atoms with Crippen LogP contribution in [0.4, 0.5) is 0 Å². The second-order valence-electron chi connectivity index (χ2n) is 9.85. The smallest absolute Gasteiger partial charge is 0.243 e. The van der Waals surface area contributed by atoms with E-state index in [0.29, 0.717) is 25.3 Å². The molecule has 196 valence electrons. The van der Waals surface area contributed by atoms with Gasteiger partial charge in [-0.05, 0) is 43.9 Å². The number of hydrogen-bond acceptors (Lipinski definition) is 3. The molecular formula is C32H40N2O2S. The Morgan fingerprint density at radius 1 is 0.838 bits per heavy atom. The molecule has 0 aliphatic carbocycles. The van der Waals surface area contributed by atoms with Gasteiger partial charge in [0.15, 0.2) is 0 Å². The average molecular weight is 517 g/mol. The fourth-order valence-corrected chi connectivity index (χ4v) is 5.40. The molecule has 0 aliphatic heterocycles. The molecule has 1 unspecified atom stereocenters. The maximum absolute atomic E-state index is 13.7. The van der Waals surface area contributed by atoms with Crippen LogP contribution in [0.15, 0.2) is 72.8 Å². The van der Waals surface area contributed by atoms with Crippen molar-refractivity contribution in [1.29, 1.82) is 0 Å². The Hall–Kier alpha value is -3.05. The second-order valence-corrected chi connectivity index (χ2v) is 10.8. The summed E-state index contributed by atoms with van der Waals surface area (Å²) < 4.78 is 0. The van der Waals surface area contributed by atoms with Crippen molar-refractivity contribution in [2.75, 3.05) is 12.3 Å². The van der Waals surface area contributed by atoms with Crippen molar-refractivity contribution in [3.05, 3.63) is 106 Å². The Morgan fingerprint density at radius 3 is 2.19 bits per heavy atom. The van der Waals surface area contributed by atoms with Gasteiger partial charge in [-0.15, -0.1) is 11.8 Å². The van der Waals surface area contributed by atoms with E-state index in [0.717, 1.165) is 35.3 Å². The quantitative estimate of drug-likeness (QED) is 0.267. The number of nitrogens with zero attached hydrogens (tertiary/aromatic N) is 1. The van der Waals surface area contributed by atoms with Crippen LogP contribution in [-0.4, -0.2) is 35.1 Å². The van der Waals surface area contributed by atoms with Gasteiger partial charge in [-0.3, -0.25) is 9.59 Å². The predicted octanol–water partition coefficient (Wildman–Crippen LogP) is 6.40. The summed E-state index contributed by atoms with van der Waals surface area (Å²) >= 11 is 1.61. The van der Waals surface area contributed by atoms with Crippen molar-refractivity contribution in [1.82, 2.24) is 10.2 Å². The largest absolute Gasteiger partial charge is 0.354 e. The van der Waals surface area contributed by atoms with E-state index in [-0.39, 0.29) is 11.8 Å². The number of hydrogen-bond donors (Lipinski definition) is 1. The molecule has 0 fully saturated rings. The SMILES string of the molecule is CCCCNC(=O)C(Cc1ccccc1)N(Cc1cccc(C)c1)C(=O)CSCc1cc(C)cc(C)c1. The van der Waals surface area contributed by atoms with Gasteiger partial charge >= 0.3 is 0 Å². The number of unbranched alkanes of at least 4 members (excludes halogenated alkanes) is 1. The van der Waals surface area contributed by atoms with Gasteiger partial charge in [-0.2, -0.15) is 0 Å². The third kappa shape index (κ3) is 9.40. The highest BCUT2D eigenvalue weighted by molar-refractivity contribution is 7.99. The number of aryl methyl sites for hydroxylation is 3. The van der Waals surface area contributed by atoms with Crippen molar-refractivity contribution in [3.63, 3.8) is 0 Å². The molecule has 0 spiro atoms. The summed E-state index contributed by atoms with van der Waals surface area (Å²) in [4.78, 5) is 29.0. The summed E-state index contributed by atoms with van der Waals surface area (Å²) in [5.41, 5.74) is 6.90. The Balaban J connectivity index is 1.83. The first kappa shape index (κ1) is 28.5. The summed E-state index contributed by atoms with van der Waals surface area (Å²) in [6, 6.07) is 24.1. The zero-order valence-electron chi connectivity index (χ0n) is 22.6. The van der Waals surface area contributed by atoms with Gasteiger partial charge < -0.3 is 10.2 Å². The number of nitrogens with one attached hydrogen (secondary N) is 1. The molecule has 0 heterocycles. The number of benzene rings is 3. The number of rotatable bonds is 13. The van der Waals surface area contributed by atoms with Gasteiger partial charge in [-0.1, -0.05) is 103 Å². The minimum atomic E-state index is -0.575. The second kappa shape index (κ2) is 14.6. The van der Waals surface area contributed by atoms with Gasteiger partial charge in [0.1, 0.15) is 6.04 Å². The molecule has 0 saturated carbocycles. The summed E-state index contributed by atoms with van der Waals surface area (Å²) in [5.74, 6) is 0.991. The molecule has 0 saturated heterocycles. The highest BCUT2D eigenvalue weighted by Gasteiger charge is 2.30. The Morgan fingerprint density at radius 2 is 1.51 bits per heavy atom. The van der Waals surface area contributed by atoms with E-state index < -0.39 is 6.04 Å². The van der Waals surface area contributed by atoms with Crippen LogP contribution in [0.1, 0.15) is 53.1 Å². The van der Waals surface area contributed by atoms with Crippen LogP contribution in [-0.2, 0) is 28.3 Å². The highest BCUT2D eigenvalue weighted by atomic mass is 32.2. The molecule has 2 amide bonds. The molecule has 0 aliphatic rings. The predicted molar refractivity (Wildman–Crippen MR) is 156 cm³/mol. The molecule has 3 aromatic carbocycles. The zero-order chi connectivity index (χ0) is 26.6. The van der Waals surface area contributed by atoms with Crippen LogP contribution in [0.5, 0.6) is 0 Å². The molecule has 0 radical (unpaired) electrons. The lowest BCUT2D eigenvalue weighted by molar-refractivity contribution is -0.139. The molecule has 0 aromatic heterocycles. The summed E-state index contributed by atoms with van der Waals surface area (Å²) in [5, 5.41) is 3.09. The fourth-order valence-electron chi connectivity index (χ4n) is 4.56. The van der Waals surface area contributed by atoms with E-state index in [1.807, 2.05) is 55.5 Å². The van der Waals surface area contributed by atoms with E-state index >= 15 is 0 Å². The topological polar surface area (TPSA) is 49.4 Å². The van der Waals surface area contributed by atoms with E-state index in [1.165, 1.54) is 16.7 Å². The Labute approximate surface area is 226 Å². The number of amides is 2. The number of thioether (sulfide) groups is 1. The molecule has 1 N–H and O–H groups in total. The first-order chi connectivity index (χ1) is 17.9. The number of carbonyl (C=O) groups is 2. The van der Waals surface area contributed by atoms with E-state index in [9.17, 15) is 9.59 Å². The van der Waals surface area contributed by atoms with E-state index in [2.05, 4.69) is 50.4 Å². The van der Waals surface area contributed by atoms with Crippen LogP contribution in [0.3, 0.4) is 0 Å². The summed E-state index contributed by atoms with van der Waals surface area (Å²) in [7, 11) is 0. The van der Waals surface area contributed by atoms with Crippen LogP contribution < -0.4 is 5.32 Å². The molecule has 3 rings (SSSR count). The lowest BCUT2D eigenvalue weighted by Gasteiger charge is -2.31. The monoisotopic (exact) mass is 516 g/mol. The van der Waals surface area contributed by atoms with Crippen LogP contribution >= 0.6 is 11.8 Å². The Kier molecular flexibility index (Phi) is 11.3. The van der Waals surface area contributed by atoms with Crippen molar-refractivity contribution < 1.29 is 9.59 Å². The van der Waals surface area contributed by atoms with Crippen molar-refractivity contribution >= 4 is 23.6 Å². The maximum atomic E-state index is 13.7. The number of carbonyl (C=O) groups excluding carboxylic acids is 2. The van der Waals surface area contributed by atoms with Gasteiger partial charge in [0.25, 0.3) is 0 Å². The minimum Gasteiger partial charge on any atom is -0.354 e. The van der Waals surface area contributed by atoms with E-state index in [4.69, 9.17) is 0 Å². The average Bonchev–Trinajstić information content (AvgIpc) is 2.86. The molecule has 4 nitrogen and oxygen atoms in total. The maximum Gasteiger partial charge on any atom is 0.243 e. The molecule has 37 heavy (non-hydrogen) atoms. The summed E-state index contributed by atoms with van der Waals surface area (Å²) in [6.45, 7) is 9.38. The zero-order valence-corrected chi connectivity index (χ0v) is 23.4. The normalized spacial score (nSPS) is 11.7. The minimum absolute atomic E-state index is 0.0116. The molecular weight excluding hydrogens is 476 g/mol. The van der Waals surface area contributed by atoms with Crippen molar-refractivity contribution in [2.45, 2.75) is 65.3 Å². The third-order valence-corrected chi connectivity index (χ3v) is 7.30. The Bertz CT molecular complexity index is 1140. The van der Waals surface area contributed by atoms with Crippen LogP contribution in [0, 0.1) is 20.8 Å². The molecule has 5 heteroatoms. The summed E-state index contributed by atoms with van der Waals surface area (Å²) in [6.07, 6.45) is 2.41. The third-order valence-electron chi connectivity index (χ3n) is 6.31. The molecule has 0 bridgehead atoms. The highest BCUT2D eigenvalue weighted by Crippen LogP contribution is 2.20. The first-order valence-electron chi connectivity index (χ1n) is 13.2. The molecule has 1 atom stereocenters. The fraction of sp³-hybridized carbons (Fsp3) is 0.375.